The second-order valence-corrected chi connectivity index (χ2v) is 5.44. The molecule has 0 radical (unpaired) electrons. The van der Waals surface area contributed by atoms with Gasteiger partial charge in [0.05, 0.1) is 11.0 Å². The minimum absolute atomic E-state index is 0.0608. The van der Waals surface area contributed by atoms with Gasteiger partial charge in [0.15, 0.2) is 11.4 Å². The predicted molar refractivity (Wildman–Crippen MR) is 90.9 cm³/mol. The Morgan fingerprint density at radius 1 is 0.957 bits per heavy atom. The summed E-state index contributed by atoms with van der Waals surface area (Å²) in [6, 6.07) is 7.93. The zero-order chi connectivity index (χ0) is 16.7. The normalized spacial score (nSPS) is 11.6. The minimum atomic E-state index is 0.0608. The van der Waals surface area contributed by atoms with Gasteiger partial charge in [0.1, 0.15) is 12.1 Å². The van der Waals surface area contributed by atoms with E-state index in [1.165, 1.54) is 0 Å². The van der Waals surface area contributed by atoms with Crippen molar-refractivity contribution in [2.75, 3.05) is 0 Å². The summed E-state index contributed by atoms with van der Waals surface area (Å²) < 4.78 is 0. The molecule has 3 rings (SSSR count). The van der Waals surface area contributed by atoms with Gasteiger partial charge in [-0.1, -0.05) is 24.8 Å². The minimum Gasteiger partial charge on any atom is -0.232 e. The summed E-state index contributed by atoms with van der Waals surface area (Å²) >= 11 is 0. The third kappa shape index (κ3) is 1.97. The van der Waals surface area contributed by atoms with E-state index in [9.17, 15) is 10.5 Å². The molecule has 1 aromatic heterocycles. The van der Waals surface area contributed by atoms with Crippen molar-refractivity contribution in [1.82, 2.24) is 9.97 Å². The SMILES string of the molecule is C=c1cc/c(=C/C)c2c(C)c3nc(C#N)c(C#N)nc3c(C)c12. The lowest BCUT2D eigenvalue weighted by atomic mass is 9.95. The Hall–Kier alpha value is -3.24. The standard InChI is InChI=1S/C19H14N4/c1-5-13-7-6-10(2)16-11(3)18-19(12(4)17(13)16)23-15(9-21)14(8-20)22-18/h5-7H,2H2,1,3-4H3/b13-5-. The molecule has 0 unspecified atom stereocenters. The lowest BCUT2D eigenvalue weighted by molar-refractivity contribution is 1.18. The van der Waals surface area contributed by atoms with Crippen molar-refractivity contribution >= 4 is 34.5 Å². The van der Waals surface area contributed by atoms with E-state index in [1.807, 2.05) is 51.1 Å². The van der Waals surface area contributed by atoms with E-state index in [1.54, 1.807) is 0 Å². The molecule has 0 aliphatic heterocycles. The van der Waals surface area contributed by atoms with E-state index < -0.39 is 0 Å². The average Bonchev–Trinajstić information content (AvgIpc) is 2.58. The molecule has 23 heavy (non-hydrogen) atoms. The molecule has 2 aromatic carbocycles. The summed E-state index contributed by atoms with van der Waals surface area (Å²) in [4.78, 5) is 8.79. The van der Waals surface area contributed by atoms with Crippen molar-refractivity contribution in [2.24, 2.45) is 0 Å². The Kier molecular flexibility index (Phi) is 3.32. The van der Waals surface area contributed by atoms with Gasteiger partial charge in [0, 0.05) is 0 Å². The summed E-state index contributed by atoms with van der Waals surface area (Å²) in [6.45, 7) is 10.0. The number of nitrogens with zero attached hydrogens (tertiary/aromatic N) is 4. The molecule has 0 aliphatic carbocycles. The fourth-order valence-electron chi connectivity index (χ4n) is 3.09. The Labute approximate surface area is 133 Å². The Balaban J connectivity index is 2.75. The van der Waals surface area contributed by atoms with Crippen LogP contribution in [0.15, 0.2) is 12.1 Å². The lowest BCUT2D eigenvalue weighted by Gasteiger charge is -2.12. The quantitative estimate of drug-likeness (QED) is 0.597. The molecule has 0 fully saturated rings. The topological polar surface area (TPSA) is 73.4 Å². The van der Waals surface area contributed by atoms with Crippen LogP contribution >= 0.6 is 0 Å². The lowest BCUT2D eigenvalue weighted by Crippen LogP contribution is -2.14. The zero-order valence-electron chi connectivity index (χ0n) is 13.2. The number of aryl methyl sites for hydroxylation is 2. The Morgan fingerprint density at radius 2 is 1.48 bits per heavy atom. The van der Waals surface area contributed by atoms with Gasteiger partial charge in [-0.05, 0) is 53.1 Å². The molecule has 0 amide bonds. The third-order valence-corrected chi connectivity index (χ3v) is 4.20. The maximum absolute atomic E-state index is 9.21. The molecule has 0 saturated heterocycles. The summed E-state index contributed by atoms with van der Waals surface area (Å²) in [5, 5.41) is 22.5. The van der Waals surface area contributed by atoms with Gasteiger partial charge in [0.25, 0.3) is 0 Å². The highest BCUT2D eigenvalue weighted by Gasteiger charge is 2.16. The summed E-state index contributed by atoms with van der Waals surface area (Å²) in [6.07, 6.45) is 2.04. The van der Waals surface area contributed by atoms with E-state index in [0.29, 0.717) is 11.0 Å². The largest absolute Gasteiger partial charge is 0.232 e. The van der Waals surface area contributed by atoms with Gasteiger partial charge in [-0.15, -0.1) is 0 Å². The average molecular weight is 298 g/mol. The van der Waals surface area contributed by atoms with Crippen LogP contribution in [-0.4, -0.2) is 9.97 Å². The van der Waals surface area contributed by atoms with Gasteiger partial charge in [-0.25, -0.2) is 9.97 Å². The first-order valence-corrected chi connectivity index (χ1v) is 7.22. The second kappa shape index (κ2) is 5.19. The van der Waals surface area contributed by atoms with Crippen LogP contribution in [0, 0.1) is 36.5 Å². The summed E-state index contributed by atoms with van der Waals surface area (Å²) in [5.41, 5.74) is 3.33. The van der Waals surface area contributed by atoms with Crippen LogP contribution in [0.1, 0.15) is 29.4 Å². The summed E-state index contributed by atoms with van der Waals surface area (Å²) in [5.74, 6) is 0. The highest BCUT2D eigenvalue weighted by atomic mass is 14.8. The molecule has 0 spiro atoms. The van der Waals surface area contributed by atoms with E-state index in [2.05, 4.69) is 16.5 Å². The van der Waals surface area contributed by atoms with Crippen molar-refractivity contribution in [3.05, 3.63) is 45.1 Å². The Bertz CT molecular complexity index is 1180. The van der Waals surface area contributed by atoms with Crippen LogP contribution in [0.3, 0.4) is 0 Å². The molecule has 0 N–H and O–H groups in total. The third-order valence-electron chi connectivity index (χ3n) is 4.20. The molecule has 4 nitrogen and oxygen atoms in total. The van der Waals surface area contributed by atoms with Crippen LogP contribution < -0.4 is 10.4 Å². The number of hydrogen-bond donors (Lipinski definition) is 0. The van der Waals surface area contributed by atoms with Crippen LogP contribution in [0.5, 0.6) is 0 Å². The van der Waals surface area contributed by atoms with Crippen molar-refractivity contribution in [3.63, 3.8) is 0 Å². The number of benzene rings is 2. The van der Waals surface area contributed by atoms with Crippen LogP contribution in [-0.2, 0) is 0 Å². The predicted octanol–water partition coefficient (Wildman–Crippen LogP) is 2.35. The molecule has 0 atom stereocenters. The van der Waals surface area contributed by atoms with Crippen molar-refractivity contribution in [1.29, 1.82) is 10.5 Å². The number of aromatic nitrogens is 2. The fraction of sp³-hybridized carbons (Fsp3) is 0.158. The van der Waals surface area contributed by atoms with Gasteiger partial charge < -0.3 is 0 Å². The number of hydrogen-bond acceptors (Lipinski definition) is 4. The highest BCUT2D eigenvalue weighted by molar-refractivity contribution is 6.03. The summed E-state index contributed by atoms with van der Waals surface area (Å²) in [7, 11) is 0. The number of fused-ring (bicyclic) bond motifs is 2. The van der Waals surface area contributed by atoms with Gasteiger partial charge in [-0.3, -0.25) is 0 Å². The molecule has 0 saturated carbocycles. The maximum atomic E-state index is 9.21. The van der Waals surface area contributed by atoms with E-state index >= 15 is 0 Å². The Morgan fingerprint density at radius 3 is 1.96 bits per heavy atom. The van der Waals surface area contributed by atoms with E-state index in [4.69, 9.17) is 0 Å². The molecule has 4 heteroatoms. The van der Waals surface area contributed by atoms with Crippen LogP contribution in [0.2, 0.25) is 0 Å². The second-order valence-electron chi connectivity index (χ2n) is 5.44. The number of nitriles is 2. The van der Waals surface area contributed by atoms with Crippen LogP contribution in [0.25, 0.3) is 34.5 Å². The molecule has 1 heterocycles. The molecular weight excluding hydrogens is 284 g/mol. The van der Waals surface area contributed by atoms with Crippen molar-refractivity contribution in [3.8, 4) is 12.1 Å². The van der Waals surface area contributed by atoms with Gasteiger partial charge in [0.2, 0.25) is 0 Å². The molecular formula is C19H14N4. The smallest absolute Gasteiger partial charge is 0.177 e. The van der Waals surface area contributed by atoms with Crippen molar-refractivity contribution < 1.29 is 0 Å². The van der Waals surface area contributed by atoms with Gasteiger partial charge >= 0.3 is 0 Å². The first-order valence-electron chi connectivity index (χ1n) is 7.22. The number of rotatable bonds is 0. The molecule has 110 valence electrons. The zero-order valence-corrected chi connectivity index (χ0v) is 13.2. The highest BCUT2D eigenvalue weighted by Crippen LogP contribution is 2.27. The van der Waals surface area contributed by atoms with Crippen molar-refractivity contribution in [2.45, 2.75) is 20.8 Å². The van der Waals surface area contributed by atoms with E-state index in [0.717, 1.165) is 32.3 Å². The molecule has 0 bridgehead atoms. The van der Waals surface area contributed by atoms with E-state index in [-0.39, 0.29) is 11.4 Å². The molecule has 3 aromatic rings. The molecule has 0 aliphatic rings. The first-order chi connectivity index (χ1) is 11.0. The fourth-order valence-corrected chi connectivity index (χ4v) is 3.09. The van der Waals surface area contributed by atoms with Crippen LogP contribution in [0.4, 0.5) is 0 Å². The maximum Gasteiger partial charge on any atom is 0.177 e. The monoisotopic (exact) mass is 298 g/mol. The first kappa shape index (κ1) is 14.7. The van der Waals surface area contributed by atoms with Gasteiger partial charge in [-0.2, -0.15) is 10.5 Å².